The SMILES string of the molecule is CN(C)c1ccc(-n2nc(C(=O)O)c3c2[C@@H]2C[C@@H]2C3)nc1. The minimum absolute atomic E-state index is 0.190. The second-order valence-corrected chi connectivity index (χ2v) is 6.00. The van der Waals surface area contributed by atoms with E-state index in [1.807, 2.05) is 31.1 Å². The van der Waals surface area contributed by atoms with E-state index in [4.69, 9.17) is 0 Å². The maximum atomic E-state index is 11.4. The van der Waals surface area contributed by atoms with Crippen molar-refractivity contribution in [1.29, 1.82) is 0 Å². The summed E-state index contributed by atoms with van der Waals surface area (Å²) in [5.41, 5.74) is 3.16. The first-order valence-corrected chi connectivity index (χ1v) is 7.05. The Morgan fingerprint density at radius 2 is 2.24 bits per heavy atom. The van der Waals surface area contributed by atoms with E-state index in [0.29, 0.717) is 17.7 Å². The van der Waals surface area contributed by atoms with Crippen LogP contribution in [0, 0.1) is 5.92 Å². The maximum Gasteiger partial charge on any atom is 0.356 e. The van der Waals surface area contributed by atoms with Crippen LogP contribution in [0.25, 0.3) is 5.82 Å². The third-order valence-electron chi connectivity index (χ3n) is 4.43. The highest BCUT2D eigenvalue weighted by Crippen LogP contribution is 2.57. The number of nitrogens with zero attached hydrogens (tertiary/aromatic N) is 4. The van der Waals surface area contributed by atoms with Crippen LogP contribution in [-0.4, -0.2) is 39.9 Å². The van der Waals surface area contributed by atoms with Gasteiger partial charge in [0.15, 0.2) is 11.5 Å². The number of hydrogen-bond acceptors (Lipinski definition) is 4. The topological polar surface area (TPSA) is 71.2 Å². The van der Waals surface area contributed by atoms with Crippen LogP contribution < -0.4 is 4.90 Å². The second kappa shape index (κ2) is 4.07. The van der Waals surface area contributed by atoms with E-state index in [9.17, 15) is 9.90 Å². The van der Waals surface area contributed by atoms with Gasteiger partial charge in [-0.2, -0.15) is 5.10 Å². The predicted octanol–water partition coefficient (Wildman–Crippen LogP) is 1.69. The lowest BCUT2D eigenvalue weighted by Gasteiger charge is -2.12. The molecular formula is C15H16N4O2. The van der Waals surface area contributed by atoms with Crippen molar-refractivity contribution in [3.8, 4) is 5.82 Å². The Morgan fingerprint density at radius 1 is 1.43 bits per heavy atom. The van der Waals surface area contributed by atoms with Crippen molar-refractivity contribution in [3.63, 3.8) is 0 Å². The van der Waals surface area contributed by atoms with Crippen LogP contribution in [0.4, 0.5) is 5.69 Å². The minimum atomic E-state index is -0.948. The first-order valence-electron chi connectivity index (χ1n) is 7.05. The molecule has 1 saturated carbocycles. The highest BCUT2D eigenvalue weighted by molar-refractivity contribution is 5.88. The van der Waals surface area contributed by atoms with Crippen LogP contribution in [0.5, 0.6) is 0 Å². The van der Waals surface area contributed by atoms with Gasteiger partial charge in [0, 0.05) is 25.6 Å². The molecule has 0 bridgehead atoms. The summed E-state index contributed by atoms with van der Waals surface area (Å²) in [6.45, 7) is 0. The van der Waals surface area contributed by atoms with Gasteiger partial charge >= 0.3 is 5.97 Å². The van der Waals surface area contributed by atoms with Gasteiger partial charge in [-0.25, -0.2) is 14.5 Å². The van der Waals surface area contributed by atoms with E-state index >= 15 is 0 Å². The highest BCUT2D eigenvalue weighted by atomic mass is 16.4. The summed E-state index contributed by atoms with van der Waals surface area (Å²) < 4.78 is 1.73. The summed E-state index contributed by atoms with van der Waals surface area (Å²) >= 11 is 0. The molecule has 0 aliphatic heterocycles. The molecular weight excluding hydrogens is 268 g/mol. The number of carboxylic acid groups (broad SMARTS) is 1. The van der Waals surface area contributed by atoms with Crippen LogP contribution in [0.15, 0.2) is 18.3 Å². The van der Waals surface area contributed by atoms with Crippen molar-refractivity contribution >= 4 is 11.7 Å². The Kier molecular flexibility index (Phi) is 2.40. The molecule has 0 unspecified atom stereocenters. The molecule has 2 atom stereocenters. The second-order valence-electron chi connectivity index (χ2n) is 6.00. The smallest absolute Gasteiger partial charge is 0.356 e. The zero-order chi connectivity index (χ0) is 14.7. The van der Waals surface area contributed by atoms with E-state index in [0.717, 1.165) is 29.8 Å². The molecule has 6 heteroatoms. The van der Waals surface area contributed by atoms with Crippen LogP contribution in [-0.2, 0) is 6.42 Å². The molecule has 2 aromatic rings. The van der Waals surface area contributed by atoms with Crippen molar-refractivity contribution in [1.82, 2.24) is 14.8 Å². The molecule has 0 amide bonds. The number of aromatic carboxylic acids is 1. The maximum absolute atomic E-state index is 11.4. The van der Waals surface area contributed by atoms with Gasteiger partial charge < -0.3 is 10.0 Å². The normalized spacial score (nSPS) is 21.8. The molecule has 0 radical (unpaired) electrons. The fourth-order valence-electron chi connectivity index (χ4n) is 3.23. The van der Waals surface area contributed by atoms with Crippen molar-refractivity contribution in [3.05, 3.63) is 35.3 Å². The number of carboxylic acids is 1. The summed E-state index contributed by atoms with van der Waals surface area (Å²) in [5, 5.41) is 13.6. The molecule has 0 aromatic carbocycles. The Balaban J connectivity index is 1.82. The van der Waals surface area contributed by atoms with Gasteiger partial charge in [-0.15, -0.1) is 0 Å². The number of aromatic nitrogens is 3. The number of pyridine rings is 1. The van der Waals surface area contributed by atoms with Gasteiger partial charge in [0.1, 0.15) is 0 Å². The molecule has 6 nitrogen and oxygen atoms in total. The van der Waals surface area contributed by atoms with Crippen molar-refractivity contribution in [2.75, 3.05) is 19.0 Å². The van der Waals surface area contributed by atoms with E-state index in [-0.39, 0.29) is 5.69 Å². The molecule has 2 heterocycles. The lowest BCUT2D eigenvalue weighted by Crippen LogP contribution is -2.10. The van der Waals surface area contributed by atoms with Gasteiger partial charge in [0.05, 0.1) is 17.6 Å². The van der Waals surface area contributed by atoms with Gasteiger partial charge in [0.25, 0.3) is 0 Å². The summed E-state index contributed by atoms with van der Waals surface area (Å²) in [6, 6.07) is 3.86. The third-order valence-corrected chi connectivity index (χ3v) is 4.43. The molecule has 21 heavy (non-hydrogen) atoms. The summed E-state index contributed by atoms with van der Waals surface area (Å²) in [7, 11) is 3.92. The Labute approximate surface area is 122 Å². The molecule has 4 rings (SSSR count). The van der Waals surface area contributed by atoms with Crippen molar-refractivity contribution in [2.45, 2.75) is 18.8 Å². The molecule has 1 fully saturated rings. The molecule has 1 N–H and O–H groups in total. The van der Waals surface area contributed by atoms with Crippen molar-refractivity contribution < 1.29 is 9.90 Å². The Hall–Kier alpha value is -2.37. The van der Waals surface area contributed by atoms with Gasteiger partial charge in [0.2, 0.25) is 0 Å². The quantitative estimate of drug-likeness (QED) is 0.928. The lowest BCUT2D eigenvalue weighted by atomic mass is 10.1. The molecule has 2 aliphatic rings. The summed E-state index contributed by atoms with van der Waals surface area (Å²) in [4.78, 5) is 17.8. The number of anilines is 1. The lowest BCUT2D eigenvalue weighted by molar-refractivity contribution is 0.0688. The van der Waals surface area contributed by atoms with E-state index in [2.05, 4.69) is 10.1 Å². The third kappa shape index (κ3) is 1.75. The summed E-state index contributed by atoms with van der Waals surface area (Å²) in [5.74, 6) is 0.826. The summed E-state index contributed by atoms with van der Waals surface area (Å²) in [6.07, 6.45) is 3.77. The Morgan fingerprint density at radius 3 is 2.86 bits per heavy atom. The highest BCUT2D eigenvalue weighted by Gasteiger charge is 2.50. The monoisotopic (exact) mass is 284 g/mol. The minimum Gasteiger partial charge on any atom is -0.476 e. The number of rotatable bonds is 3. The van der Waals surface area contributed by atoms with E-state index in [1.54, 1.807) is 10.9 Å². The van der Waals surface area contributed by atoms with Crippen LogP contribution in [0.3, 0.4) is 0 Å². The standard InChI is InChI=1S/C15H16N4O2/c1-18(2)9-3-4-12(16-7-9)19-14-10-5-8(10)6-11(14)13(17-19)15(20)21/h3-4,7-8,10H,5-6H2,1-2H3,(H,20,21)/t8-,10-/m1/s1. The van der Waals surface area contributed by atoms with Gasteiger partial charge in [-0.05, 0) is 30.9 Å². The fraction of sp³-hybridized carbons (Fsp3) is 0.400. The van der Waals surface area contributed by atoms with E-state index < -0.39 is 5.97 Å². The number of carbonyl (C=O) groups is 1. The van der Waals surface area contributed by atoms with Crippen molar-refractivity contribution in [2.24, 2.45) is 5.92 Å². The van der Waals surface area contributed by atoms with Crippen LogP contribution in [0.2, 0.25) is 0 Å². The first kappa shape index (κ1) is 12.4. The first-order chi connectivity index (χ1) is 10.1. The average molecular weight is 284 g/mol. The zero-order valence-electron chi connectivity index (χ0n) is 11.9. The molecule has 2 aromatic heterocycles. The largest absolute Gasteiger partial charge is 0.476 e. The van der Waals surface area contributed by atoms with Gasteiger partial charge in [-0.3, -0.25) is 0 Å². The van der Waals surface area contributed by atoms with Crippen LogP contribution >= 0.6 is 0 Å². The van der Waals surface area contributed by atoms with Crippen LogP contribution in [0.1, 0.15) is 34.1 Å². The fourth-order valence-corrected chi connectivity index (χ4v) is 3.23. The van der Waals surface area contributed by atoms with E-state index in [1.165, 1.54) is 0 Å². The molecule has 0 saturated heterocycles. The zero-order valence-corrected chi connectivity index (χ0v) is 11.9. The Bertz CT molecular complexity index is 733. The molecule has 108 valence electrons. The predicted molar refractivity (Wildman–Crippen MR) is 77.2 cm³/mol. The van der Waals surface area contributed by atoms with Gasteiger partial charge in [-0.1, -0.05) is 0 Å². The average Bonchev–Trinajstić information content (AvgIpc) is 2.95. The molecule has 2 aliphatic carbocycles. The molecule has 0 spiro atoms. The number of fused-ring (bicyclic) bond motifs is 3. The number of hydrogen-bond donors (Lipinski definition) is 1.